The first-order valence-corrected chi connectivity index (χ1v) is 9.23. The molecule has 0 amide bonds. The number of sulfone groups is 1. The van der Waals surface area contributed by atoms with Gasteiger partial charge in [-0.25, -0.2) is 8.42 Å². The third-order valence-corrected chi connectivity index (χ3v) is 6.97. The molecule has 4 heteroatoms. The average Bonchev–Trinajstić information content (AvgIpc) is 2.75. The fourth-order valence-electron chi connectivity index (χ4n) is 3.98. The van der Waals surface area contributed by atoms with Crippen LogP contribution in [0.4, 0.5) is 0 Å². The van der Waals surface area contributed by atoms with Crippen molar-refractivity contribution in [3.8, 4) is 0 Å². The summed E-state index contributed by atoms with van der Waals surface area (Å²) in [4.78, 5) is 0. The van der Waals surface area contributed by atoms with Crippen molar-refractivity contribution in [1.82, 2.24) is 0 Å². The molecule has 0 heterocycles. The normalized spacial score (nSPS) is 34.4. The Balaban J connectivity index is 2.04. The van der Waals surface area contributed by atoms with Crippen molar-refractivity contribution >= 4 is 9.84 Å². The Morgan fingerprint density at radius 3 is 2.33 bits per heavy atom. The third-order valence-electron chi connectivity index (χ3n) is 5.33. The number of nitrogens with two attached hydrogens (primary N) is 1. The summed E-state index contributed by atoms with van der Waals surface area (Å²) in [7, 11) is -2.89. The van der Waals surface area contributed by atoms with Crippen molar-refractivity contribution in [3.63, 3.8) is 0 Å². The van der Waals surface area contributed by atoms with Crippen LogP contribution in [0.1, 0.15) is 58.3 Å². The predicted octanol–water partition coefficient (Wildman–Crippen LogP) is 2.50. The standard InChI is InChI=1S/C14H27NO2S/c1-14(8-3-4-9-14)13(15)11-6-5-7-12(10-11)18(2,16)17/h11-13H,3-10,15H2,1-2H3. The Morgan fingerprint density at radius 1 is 1.17 bits per heavy atom. The minimum absolute atomic E-state index is 0.146. The summed E-state index contributed by atoms with van der Waals surface area (Å²) in [5, 5.41) is -0.146. The van der Waals surface area contributed by atoms with Crippen LogP contribution < -0.4 is 5.73 Å². The summed E-state index contributed by atoms with van der Waals surface area (Å²) < 4.78 is 23.4. The van der Waals surface area contributed by atoms with Gasteiger partial charge in [-0.15, -0.1) is 0 Å². The van der Waals surface area contributed by atoms with Crippen LogP contribution in [0, 0.1) is 11.3 Å². The lowest BCUT2D eigenvalue weighted by molar-refractivity contribution is 0.165. The van der Waals surface area contributed by atoms with E-state index in [4.69, 9.17) is 5.73 Å². The number of rotatable bonds is 3. The average molecular weight is 273 g/mol. The summed E-state index contributed by atoms with van der Waals surface area (Å²) in [5.41, 5.74) is 6.75. The Kier molecular flexibility index (Phi) is 4.07. The molecule has 2 saturated carbocycles. The minimum atomic E-state index is -2.89. The zero-order valence-corrected chi connectivity index (χ0v) is 12.5. The van der Waals surface area contributed by atoms with Gasteiger partial charge in [0.25, 0.3) is 0 Å². The highest BCUT2D eigenvalue weighted by Gasteiger charge is 2.41. The van der Waals surface area contributed by atoms with Crippen LogP contribution in [0.25, 0.3) is 0 Å². The summed E-state index contributed by atoms with van der Waals surface area (Å²) in [6.07, 6.45) is 10.1. The zero-order chi connectivity index (χ0) is 13.4. The van der Waals surface area contributed by atoms with Gasteiger partial charge < -0.3 is 5.73 Å². The van der Waals surface area contributed by atoms with Crippen LogP contribution in [0.2, 0.25) is 0 Å². The zero-order valence-electron chi connectivity index (χ0n) is 11.7. The second kappa shape index (κ2) is 5.12. The van der Waals surface area contributed by atoms with Crippen LogP contribution in [-0.2, 0) is 9.84 Å². The van der Waals surface area contributed by atoms with Crippen LogP contribution in [0.3, 0.4) is 0 Å². The van der Waals surface area contributed by atoms with Crippen LogP contribution in [0.15, 0.2) is 0 Å². The predicted molar refractivity (Wildman–Crippen MR) is 75.1 cm³/mol. The molecule has 0 bridgehead atoms. The SMILES string of the molecule is CC1(C(N)C2CCCC(S(C)(=O)=O)C2)CCCC1. The second-order valence-electron chi connectivity index (χ2n) is 6.77. The van der Waals surface area contributed by atoms with E-state index < -0.39 is 9.84 Å². The van der Waals surface area contributed by atoms with E-state index in [0.717, 1.165) is 25.7 Å². The Labute approximate surface area is 111 Å². The maximum atomic E-state index is 11.7. The van der Waals surface area contributed by atoms with E-state index in [0.29, 0.717) is 5.92 Å². The van der Waals surface area contributed by atoms with E-state index in [-0.39, 0.29) is 16.7 Å². The molecule has 0 aromatic heterocycles. The van der Waals surface area contributed by atoms with Gasteiger partial charge in [0.05, 0.1) is 5.25 Å². The van der Waals surface area contributed by atoms with E-state index in [1.807, 2.05) is 0 Å². The molecule has 2 rings (SSSR count). The molecular formula is C14H27NO2S. The van der Waals surface area contributed by atoms with E-state index in [1.54, 1.807) is 0 Å². The lowest BCUT2D eigenvalue weighted by Gasteiger charge is -2.40. The molecule has 0 spiro atoms. The molecule has 0 aliphatic heterocycles. The number of hydrogen-bond acceptors (Lipinski definition) is 3. The minimum Gasteiger partial charge on any atom is -0.327 e. The van der Waals surface area contributed by atoms with Crippen molar-refractivity contribution in [1.29, 1.82) is 0 Å². The Hall–Kier alpha value is -0.0900. The number of hydrogen-bond donors (Lipinski definition) is 1. The van der Waals surface area contributed by atoms with Gasteiger partial charge in [0.2, 0.25) is 0 Å². The molecule has 2 N–H and O–H groups in total. The lowest BCUT2D eigenvalue weighted by atomic mass is 9.70. The fraction of sp³-hybridized carbons (Fsp3) is 1.00. The van der Waals surface area contributed by atoms with E-state index in [2.05, 4.69) is 6.92 Å². The van der Waals surface area contributed by atoms with Gasteiger partial charge in [-0.3, -0.25) is 0 Å². The molecule has 0 aromatic rings. The molecule has 0 aromatic carbocycles. The summed E-state index contributed by atoms with van der Waals surface area (Å²) in [6.45, 7) is 2.30. The van der Waals surface area contributed by atoms with Gasteiger partial charge in [-0.2, -0.15) is 0 Å². The Bertz CT molecular complexity index is 385. The van der Waals surface area contributed by atoms with Crippen LogP contribution in [-0.4, -0.2) is 26.0 Å². The summed E-state index contributed by atoms with van der Waals surface area (Å²) in [5.74, 6) is 0.404. The molecule has 2 aliphatic carbocycles. The second-order valence-corrected chi connectivity index (χ2v) is 9.09. The van der Waals surface area contributed by atoms with Gasteiger partial charge in [-0.1, -0.05) is 26.2 Å². The van der Waals surface area contributed by atoms with E-state index in [1.165, 1.54) is 31.9 Å². The molecule has 0 saturated heterocycles. The van der Waals surface area contributed by atoms with E-state index in [9.17, 15) is 8.42 Å². The topological polar surface area (TPSA) is 60.2 Å². The van der Waals surface area contributed by atoms with Gasteiger partial charge in [0.1, 0.15) is 9.84 Å². The molecule has 3 nitrogen and oxygen atoms in total. The van der Waals surface area contributed by atoms with Crippen molar-refractivity contribution in [2.75, 3.05) is 6.26 Å². The third kappa shape index (κ3) is 2.90. The maximum Gasteiger partial charge on any atom is 0.150 e. The van der Waals surface area contributed by atoms with Crippen molar-refractivity contribution in [2.45, 2.75) is 69.6 Å². The fourth-order valence-corrected chi connectivity index (χ4v) is 5.17. The van der Waals surface area contributed by atoms with E-state index >= 15 is 0 Å². The van der Waals surface area contributed by atoms with Gasteiger partial charge >= 0.3 is 0 Å². The molecule has 0 radical (unpaired) electrons. The molecule has 2 aliphatic rings. The first-order chi connectivity index (χ1) is 8.33. The quantitative estimate of drug-likeness (QED) is 0.859. The highest BCUT2D eigenvalue weighted by atomic mass is 32.2. The van der Waals surface area contributed by atoms with Crippen molar-refractivity contribution in [3.05, 3.63) is 0 Å². The first kappa shape index (κ1) is 14.3. The molecule has 3 unspecified atom stereocenters. The van der Waals surface area contributed by atoms with Gasteiger partial charge in [0.15, 0.2) is 0 Å². The molecule has 18 heavy (non-hydrogen) atoms. The van der Waals surface area contributed by atoms with Crippen LogP contribution >= 0.6 is 0 Å². The first-order valence-electron chi connectivity index (χ1n) is 7.27. The molecule has 2 fully saturated rings. The van der Waals surface area contributed by atoms with Crippen molar-refractivity contribution < 1.29 is 8.42 Å². The van der Waals surface area contributed by atoms with Gasteiger partial charge in [-0.05, 0) is 43.4 Å². The lowest BCUT2D eigenvalue weighted by Crippen LogP contribution is -2.46. The molecular weight excluding hydrogens is 246 g/mol. The Morgan fingerprint density at radius 2 is 1.78 bits per heavy atom. The highest BCUT2D eigenvalue weighted by Crippen LogP contribution is 2.45. The molecule has 3 atom stereocenters. The van der Waals surface area contributed by atoms with Gasteiger partial charge in [0, 0.05) is 12.3 Å². The van der Waals surface area contributed by atoms with Crippen LogP contribution in [0.5, 0.6) is 0 Å². The smallest absolute Gasteiger partial charge is 0.150 e. The summed E-state index contributed by atoms with van der Waals surface area (Å²) in [6, 6.07) is 0.185. The maximum absolute atomic E-state index is 11.7. The summed E-state index contributed by atoms with van der Waals surface area (Å²) >= 11 is 0. The largest absolute Gasteiger partial charge is 0.327 e. The van der Waals surface area contributed by atoms with Crippen molar-refractivity contribution in [2.24, 2.45) is 17.1 Å². The monoisotopic (exact) mass is 273 g/mol. The molecule has 106 valence electrons. The highest BCUT2D eigenvalue weighted by molar-refractivity contribution is 7.91.